The molecule has 1 aliphatic carbocycles. The Morgan fingerprint density at radius 3 is 2.67 bits per heavy atom. The van der Waals surface area contributed by atoms with Crippen molar-refractivity contribution in [2.24, 2.45) is 5.92 Å². The lowest BCUT2D eigenvalue weighted by atomic mass is 9.87. The Morgan fingerprint density at radius 1 is 1.05 bits per heavy atom. The summed E-state index contributed by atoms with van der Waals surface area (Å²) in [6.45, 7) is 1.69. The van der Waals surface area contributed by atoms with Crippen molar-refractivity contribution in [2.45, 2.75) is 45.1 Å². The van der Waals surface area contributed by atoms with E-state index in [0.29, 0.717) is 18.3 Å². The van der Waals surface area contributed by atoms with Gasteiger partial charge in [-0.2, -0.15) is 0 Å². The molecule has 1 aromatic heterocycles. The summed E-state index contributed by atoms with van der Waals surface area (Å²) < 4.78 is 5.68. The minimum absolute atomic E-state index is 0.597. The third-order valence-corrected chi connectivity index (χ3v) is 4.22. The summed E-state index contributed by atoms with van der Waals surface area (Å²) in [6, 6.07) is 9.89. The Balaban J connectivity index is 1.42. The van der Waals surface area contributed by atoms with E-state index in [1.807, 2.05) is 30.3 Å². The van der Waals surface area contributed by atoms with Crippen molar-refractivity contribution in [3.05, 3.63) is 36.2 Å². The Morgan fingerprint density at radius 2 is 1.86 bits per heavy atom. The normalized spacial score (nSPS) is 16.2. The number of benzene rings is 1. The standard InChI is InChI=1S/C17H23N3O/c1-3-7-14(8-4-1)11-12-18-13-16-19-20-17(21-16)15-9-5-2-6-10-15/h2,5-6,9-10,14,18H,1,3-4,7-8,11-13H2. The van der Waals surface area contributed by atoms with Gasteiger partial charge < -0.3 is 9.73 Å². The van der Waals surface area contributed by atoms with E-state index in [1.165, 1.54) is 38.5 Å². The van der Waals surface area contributed by atoms with Crippen LogP contribution in [0.3, 0.4) is 0 Å². The second kappa shape index (κ2) is 7.36. The van der Waals surface area contributed by atoms with Gasteiger partial charge >= 0.3 is 0 Å². The molecule has 0 radical (unpaired) electrons. The van der Waals surface area contributed by atoms with Gasteiger partial charge in [0.25, 0.3) is 0 Å². The molecule has 0 amide bonds. The molecule has 1 aromatic carbocycles. The van der Waals surface area contributed by atoms with Gasteiger partial charge in [0.1, 0.15) is 0 Å². The van der Waals surface area contributed by atoms with Crippen molar-refractivity contribution in [1.29, 1.82) is 0 Å². The van der Waals surface area contributed by atoms with Crippen LogP contribution in [-0.4, -0.2) is 16.7 Å². The van der Waals surface area contributed by atoms with Crippen LogP contribution >= 0.6 is 0 Å². The van der Waals surface area contributed by atoms with Gasteiger partial charge in [-0.15, -0.1) is 10.2 Å². The van der Waals surface area contributed by atoms with Crippen molar-refractivity contribution >= 4 is 0 Å². The van der Waals surface area contributed by atoms with Crippen LogP contribution in [0.15, 0.2) is 34.7 Å². The average Bonchev–Trinajstić information content (AvgIpc) is 3.02. The van der Waals surface area contributed by atoms with E-state index in [4.69, 9.17) is 4.42 Å². The highest BCUT2D eigenvalue weighted by molar-refractivity contribution is 5.51. The van der Waals surface area contributed by atoms with Crippen LogP contribution in [0.2, 0.25) is 0 Å². The molecule has 1 heterocycles. The van der Waals surface area contributed by atoms with Gasteiger partial charge in [-0.3, -0.25) is 0 Å². The van der Waals surface area contributed by atoms with Crippen LogP contribution in [-0.2, 0) is 6.54 Å². The molecule has 4 nitrogen and oxygen atoms in total. The first kappa shape index (κ1) is 14.3. The third-order valence-electron chi connectivity index (χ3n) is 4.22. The minimum Gasteiger partial charge on any atom is -0.419 e. The van der Waals surface area contributed by atoms with E-state index in [2.05, 4.69) is 15.5 Å². The molecule has 1 N–H and O–H groups in total. The van der Waals surface area contributed by atoms with Gasteiger partial charge in [-0.05, 0) is 31.0 Å². The van der Waals surface area contributed by atoms with E-state index in [0.717, 1.165) is 18.0 Å². The first-order valence-electron chi connectivity index (χ1n) is 8.00. The van der Waals surface area contributed by atoms with Crippen LogP contribution < -0.4 is 5.32 Å². The van der Waals surface area contributed by atoms with Gasteiger partial charge in [-0.25, -0.2) is 0 Å². The van der Waals surface area contributed by atoms with Gasteiger partial charge in [-0.1, -0.05) is 50.3 Å². The van der Waals surface area contributed by atoms with Gasteiger partial charge in [0.15, 0.2) is 0 Å². The lowest BCUT2D eigenvalue weighted by molar-refractivity contribution is 0.331. The second-order valence-electron chi connectivity index (χ2n) is 5.84. The lowest BCUT2D eigenvalue weighted by Crippen LogP contribution is -2.19. The van der Waals surface area contributed by atoms with Crippen LogP contribution in [0.25, 0.3) is 11.5 Å². The Kier molecular flexibility index (Phi) is 5.00. The van der Waals surface area contributed by atoms with Crippen LogP contribution in [0.5, 0.6) is 0 Å². The number of hydrogen-bond acceptors (Lipinski definition) is 4. The molecule has 1 fully saturated rings. The molecule has 0 spiro atoms. The number of nitrogens with zero attached hydrogens (tertiary/aromatic N) is 2. The summed E-state index contributed by atoms with van der Waals surface area (Å²) in [5, 5.41) is 11.6. The van der Waals surface area contributed by atoms with E-state index < -0.39 is 0 Å². The summed E-state index contributed by atoms with van der Waals surface area (Å²) in [6.07, 6.45) is 8.32. The molecular weight excluding hydrogens is 262 g/mol. The van der Waals surface area contributed by atoms with Crippen LogP contribution in [0.4, 0.5) is 0 Å². The van der Waals surface area contributed by atoms with Crippen LogP contribution in [0, 0.1) is 5.92 Å². The molecule has 21 heavy (non-hydrogen) atoms. The largest absolute Gasteiger partial charge is 0.419 e. The van der Waals surface area contributed by atoms with Crippen molar-refractivity contribution in [3.63, 3.8) is 0 Å². The summed E-state index contributed by atoms with van der Waals surface area (Å²) in [5.74, 6) is 2.17. The first-order chi connectivity index (χ1) is 10.4. The lowest BCUT2D eigenvalue weighted by Gasteiger charge is -2.21. The number of aromatic nitrogens is 2. The van der Waals surface area contributed by atoms with Crippen molar-refractivity contribution in [3.8, 4) is 11.5 Å². The molecule has 0 saturated heterocycles. The highest BCUT2D eigenvalue weighted by atomic mass is 16.4. The first-order valence-corrected chi connectivity index (χ1v) is 8.00. The number of nitrogens with one attached hydrogen (secondary N) is 1. The van der Waals surface area contributed by atoms with Crippen LogP contribution in [0.1, 0.15) is 44.4 Å². The summed E-state index contributed by atoms with van der Waals surface area (Å²) >= 11 is 0. The van der Waals surface area contributed by atoms with E-state index in [9.17, 15) is 0 Å². The number of rotatable bonds is 6. The molecule has 2 aromatic rings. The van der Waals surface area contributed by atoms with Crippen molar-refractivity contribution in [2.75, 3.05) is 6.54 Å². The maximum atomic E-state index is 5.68. The topological polar surface area (TPSA) is 51.0 Å². The molecule has 0 atom stereocenters. The fourth-order valence-corrected chi connectivity index (χ4v) is 3.00. The Labute approximate surface area is 126 Å². The zero-order chi connectivity index (χ0) is 14.3. The summed E-state index contributed by atoms with van der Waals surface area (Å²) in [5.41, 5.74) is 0.971. The minimum atomic E-state index is 0.597. The molecule has 0 aliphatic heterocycles. The predicted octanol–water partition coefficient (Wildman–Crippen LogP) is 3.80. The molecular formula is C17H23N3O. The average molecular weight is 285 g/mol. The molecule has 0 bridgehead atoms. The summed E-state index contributed by atoms with van der Waals surface area (Å²) in [7, 11) is 0. The number of hydrogen-bond donors (Lipinski definition) is 1. The highest BCUT2D eigenvalue weighted by Gasteiger charge is 2.13. The fraction of sp³-hybridized carbons (Fsp3) is 0.529. The molecule has 1 aliphatic rings. The van der Waals surface area contributed by atoms with Gasteiger partial charge in [0, 0.05) is 5.56 Å². The zero-order valence-corrected chi connectivity index (χ0v) is 12.4. The summed E-state index contributed by atoms with van der Waals surface area (Å²) in [4.78, 5) is 0. The second-order valence-corrected chi connectivity index (χ2v) is 5.84. The Bertz CT molecular complexity index is 532. The van der Waals surface area contributed by atoms with Crippen molar-refractivity contribution in [1.82, 2.24) is 15.5 Å². The monoisotopic (exact) mass is 285 g/mol. The van der Waals surface area contributed by atoms with Gasteiger partial charge in [0.2, 0.25) is 11.8 Å². The molecule has 4 heteroatoms. The maximum Gasteiger partial charge on any atom is 0.247 e. The predicted molar refractivity (Wildman–Crippen MR) is 82.6 cm³/mol. The molecule has 3 rings (SSSR count). The fourth-order valence-electron chi connectivity index (χ4n) is 3.00. The van der Waals surface area contributed by atoms with Crippen molar-refractivity contribution < 1.29 is 4.42 Å². The molecule has 1 saturated carbocycles. The van der Waals surface area contributed by atoms with Gasteiger partial charge in [0.05, 0.1) is 6.54 Å². The smallest absolute Gasteiger partial charge is 0.247 e. The molecule has 112 valence electrons. The third kappa shape index (κ3) is 4.14. The van der Waals surface area contributed by atoms with E-state index in [1.54, 1.807) is 0 Å². The van der Waals surface area contributed by atoms with E-state index >= 15 is 0 Å². The maximum absolute atomic E-state index is 5.68. The molecule has 0 unspecified atom stereocenters. The van der Waals surface area contributed by atoms with E-state index in [-0.39, 0.29) is 0 Å². The zero-order valence-electron chi connectivity index (χ0n) is 12.4. The highest BCUT2D eigenvalue weighted by Crippen LogP contribution is 2.25. The quantitative estimate of drug-likeness (QED) is 0.820. The Hall–Kier alpha value is -1.68. The SMILES string of the molecule is c1ccc(-c2nnc(CNCCC3CCCCC3)o2)cc1.